The summed E-state index contributed by atoms with van der Waals surface area (Å²) in [5.74, 6) is 0.856. The number of ether oxygens (including phenoxy) is 1. The summed E-state index contributed by atoms with van der Waals surface area (Å²) < 4.78 is 11.3. The van der Waals surface area contributed by atoms with Crippen molar-refractivity contribution in [1.82, 2.24) is 4.90 Å². The maximum absolute atomic E-state index is 12.7. The fourth-order valence-corrected chi connectivity index (χ4v) is 3.06. The largest absolute Gasteiger partial charge is 0.508 e. The second kappa shape index (κ2) is 8.73. The number of hydrogen-bond donors (Lipinski definition) is 1. The molecule has 27 heavy (non-hydrogen) atoms. The molecular weight excluding hydrogens is 342 g/mol. The van der Waals surface area contributed by atoms with Gasteiger partial charge in [0.15, 0.2) is 5.43 Å². The van der Waals surface area contributed by atoms with Gasteiger partial charge in [0.1, 0.15) is 23.3 Å². The van der Waals surface area contributed by atoms with E-state index < -0.39 is 0 Å². The van der Waals surface area contributed by atoms with E-state index in [1.54, 1.807) is 6.07 Å². The molecule has 5 nitrogen and oxygen atoms in total. The highest BCUT2D eigenvalue weighted by Crippen LogP contribution is 2.24. The molecule has 0 radical (unpaired) electrons. The molecule has 3 rings (SSSR count). The summed E-state index contributed by atoms with van der Waals surface area (Å²) in [5, 5.41) is 9.95. The summed E-state index contributed by atoms with van der Waals surface area (Å²) in [4.78, 5) is 15.0. The van der Waals surface area contributed by atoms with Crippen molar-refractivity contribution in [2.75, 3.05) is 26.2 Å². The highest BCUT2D eigenvalue weighted by Gasteiger charge is 2.10. The topological polar surface area (TPSA) is 62.9 Å². The van der Waals surface area contributed by atoms with Gasteiger partial charge >= 0.3 is 0 Å². The van der Waals surface area contributed by atoms with Crippen LogP contribution in [0.1, 0.15) is 20.3 Å². The lowest BCUT2D eigenvalue weighted by Gasteiger charge is -2.17. The molecule has 0 aliphatic heterocycles. The van der Waals surface area contributed by atoms with Crippen LogP contribution in [0.5, 0.6) is 11.5 Å². The Balaban J connectivity index is 1.69. The minimum Gasteiger partial charge on any atom is -0.508 e. The number of phenols is 1. The van der Waals surface area contributed by atoms with Crippen LogP contribution in [0.15, 0.2) is 57.9 Å². The fraction of sp³-hybridized carbons (Fsp3) is 0.318. The van der Waals surface area contributed by atoms with E-state index in [0.717, 1.165) is 37.4 Å². The molecule has 1 N–H and O–H groups in total. The van der Waals surface area contributed by atoms with E-state index in [2.05, 4.69) is 18.7 Å². The quantitative estimate of drug-likeness (QED) is 0.602. The smallest absolute Gasteiger partial charge is 0.200 e. The van der Waals surface area contributed by atoms with Gasteiger partial charge in [-0.2, -0.15) is 0 Å². The number of fused-ring (bicyclic) bond motifs is 1. The molecule has 0 spiro atoms. The monoisotopic (exact) mass is 367 g/mol. The molecule has 1 aromatic heterocycles. The van der Waals surface area contributed by atoms with Gasteiger partial charge in [-0.3, -0.25) is 4.79 Å². The maximum atomic E-state index is 12.7. The van der Waals surface area contributed by atoms with Gasteiger partial charge in [-0.1, -0.05) is 26.0 Å². The Bertz CT molecular complexity index is 943. The Hall–Kier alpha value is -2.79. The van der Waals surface area contributed by atoms with Crippen molar-refractivity contribution in [3.05, 3.63) is 59.0 Å². The molecule has 0 aliphatic rings. The first-order valence-electron chi connectivity index (χ1n) is 9.32. The van der Waals surface area contributed by atoms with Crippen molar-refractivity contribution < 1.29 is 14.3 Å². The summed E-state index contributed by atoms with van der Waals surface area (Å²) in [7, 11) is 0. The van der Waals surface area contributed by atoms with Crippen LogP contribution in [0.4, 0.5) is 0 Å². The van der Waals surface area contributed by atoms with E-state index >= 15 is 0 Å². The van der Waals surface area contributed by atoms with Crippen molar-refractivity contribution in [3.63, 3.8) is 0 Å². The van der Waals surface area contributed by atoms with E-state index in [9.17, 15) is 9.90 Å². The predicted molar refractivity (Wildman–Crippen MR) is 107 cm³/mol. The molecule has 1 heterocycles. The Morgan fingerprint density at radius 2 is 1.81 bits per heavy atom. The molecule has 0 amide bonds. The number of nitrogens with zero attached hydrogens (tertiary/aromatic N) is 1. The van der Waals surface area contributed by atoms with Crippen LogP contribution in [0.25, 0.3) is 22.1 Å². The van der Waals surface area contributed by atoms with Crippen LogP contribution >= 0.6 is 0 Å². The van der Waals surface area contributed by atoms with E-state index in [1.165, 1.54) is 18.4 Å². The zero-order valence-corrected chi connectivity index (χ0v) is 15.8. The van der Waals surface area contributed by atoms with Gasteiger partial charge in [-0.25, -0.2) is 0 Å². The second-order valence-electron chi connectivity index (χ2n) is 6.41. The highest BCUT2D eigenvalue weighted by molar-refractivity contribution is 5.82. The first-order valence-corrected chi connectivity index (χ1v) is 9.32. The van der Waals surface area contributed by atoms with E-state index in [4.69, 9.17) is 9.15 Å². The third-order valence-electron chi connectivity index (χ3n) is 4.71. The predicted octanol–water partition coefficient (Wildman–Crippen LogP) is 4.28. The molecule has 0 bridgehead atoms. The van der Waals surface area contributed by atoms with Crippen LogP contribution < -0.4 is 10.2 Å². The minimum absolute atomic E-state index is 0.0703. The van der Waals surface area contributed by atoms with Crippen molar-refractivity contribution in [2.24, 2.45) is 0 Å². The zero-order valence-electron chi connectivity index (χ0n) is 15.8. The summed E-state index contributed by atoms with van der Waals surface area (Å²) in [6, 6.07) is 12.0. The molecule has 0 fully saturated rings. The van der Waals surface area contributed by atoms with Crippen LogP contribution in [0.3, 0.4) is 0 Å². The maximum Gasteiger partial charge on any atom is 0.200 e. The van der Waals surface area contributed by atoms with E-state index in [1.807, 2.05) is 24.3 Å². The van der Waals surface area contributed by atoms with Gasteiger partial charge in [-0.05, 0) is 49.3 Å². The van der Waals surface area contributed by atoms with Crippen molar-refractivity contribution in [2.45, 2.75) is 20.3 Å². The Kier molecular flexibility index (Phi) is 6.14. The molecule has 0 saturated heterocycles. The number of hydrogen-bond acceptors (Lipinski definition) is 5. The standard InChI is InChI=1S/C22H25NO4/c1-3-23(4-2)12-5-13-26-18-9-6-16(7-10-18)20-15-27-21-14-17(24)8-11-19(21)22(20)25/h6-11,14-15,24H,3-5,12-13H2,1-2H3. The van der Waals surface area contributed by atoms with Crippen LogP contribution in [0.2, 0.25) is 0 Å². The van der Waals surface area contributed by atoms with Crippen molar-refractivity contribution >= 4 is 11.0 Å². The van der Waals surface area contributed by atoms with Gasteiger partial charge < -0.3 is 19.2 Å². The van der Waals surface area contributed by atoms with Crippen LogP contribution in [-0.2, 0) is 0 Å². The normalized spacial score (nSPS) is 11.2. The van der Waals surface area contributed by atoms with E-state index in [0.29, 0.717) is 23.1 Å². The molecule has 5 heteroatoms. The van der Waals surface area contributed by atoms with E-state index in [-0.39, 0.29) is 11.2 Å². The Morgan fingerprint density at radius 1 is 1.07 bits per heavy atom. The molecule has 0 saturated carbocycles. The third-order valence-corrected chi connectivity index (χ3v) is 4.71. The average Bonchev–Trinajstić information content (AvgIpc) is 2.69. The van der Waals surface area contributed by atoms with Crippen molar-refractivity contribution in [1.29, 1.82) is 0 Å². The Morgan fingerprint density at radius 3 is 2.52 bits per heavy atom. The summed E-state index contributed by atoms with van der Waals surface area (Å²) >= 11 is 0. The molecule has 0 aliphatic carbocycles. The summed E-state index contributed by atoms with van der Waals surface area (Å²) in [6.45, 7) is 8.12. The Labute approximate surface area is 158 Å². The molecule has 2 aromatic carbocycles. The lowest BCUT2D eigenvalue weighted by molar-refractivity contribution is 0.249. The molecule has 3 aromatic rings. The zero-order chi connectivity index (χ0) is 19.2. The third kappa shape index (κ3) is 4.49. The van der Waals surface area contributed by atoms with Gasteiger partial charge in [0.25, 0.3) is 0 Å². The first kappa shape index (κ1) is 19.0. The first-order chi connectivity index (χ1) is 13.1. The SMILES string of the molecule is CCN(CC)CCCOc1ccc(-c2coc3cc(O)ccc3c2=O)cc1. The number of aromatic hydroxyl groups is 1. The summed E-state index contributed by atoms with van der Waals surface area (Å²) in [5.41, 5.74) is 1.51. The molecule has 0 unspecified atom stereocenters. The number of phenolic OH excluding ortho intramolecular Hbond substituents is 1. The van der Waals surface area contributed by atoms with Crippen LogP contribution in [0, 0.1) is 0 Å². The van der Waals surface area contributed by atoms with Gasteiger partial charge in [0.2, 0.25) is 0 Å². The second-order valence-corrected chi connectivity index (χ2v) is 6.41. The van der Waals surface area contributed by atoms with Crippen LogP contribution in [-0.4, -0.2) is 36.2 Å². The lowest BCUT2D eigenvalue weighted by atomic mass is 10.1. The van der Waals surface area contributed by atoms with Gasteiger partial charge in [0, 0.05) is 12.6 Å². The average molecular weight is 367 g/mol. The molecule has 0 atom stereocenters. The number of rotatable bonds is 8. The highest BCUT2D eigenvalue weighted by atomic mass is 16.5. The summed E-state index contributed by atoms with van der Waals surface area (Å²) in [6.07, 6.45) is 2.41. The fourth-order valence-electron chi connectivity index (χ4n) is 3.06. The molecular formula is C22H25NO4. The lowest BCUT2D eigenvalue weighted by Crippen LogP contribution is -2.25. The van der Waals surface area contributed by atoms with Crippen molar-refractivity contribution in [3.8, 4) is 22.6 Å². The minimum atomic E-state index is -0.121. The van der Waals surface area contributed by atoms with Gasteiger partial charge in [0.05, 0.1) is 17.6 Å². The molecule has 142 valence electrons. The number of benzene rings is 2. The van der Waals surface area contributed by atoms with Gasteiger partial charge in [-0.15, -0.1) is 0 Å².